The number of carbonyl (C=O) groups excluding carboxylic acids is 1. The Morgan fingerprint density at radius 1 is 0.974 bits per heavy atom. The molecule has 0 saturated heterocycles. The Balaban J connectivity index is 2.22. The standard InChI is InChI=1S/C28H32N2O7S/c1-27(2,3)38(34)29-25(21-13-15-23(16-14-21)30(32)33)28(26(31)36-5,22-9-7-6-8-10-22)37-19-20-11-17-24(35-4)18-12-20/h6-18,25,29H,19H2,1-5H3/t25-,28-,38?/m1/s1. The number of hydrogen-bond acceptors (Lipinski definition) is 7. The summed E-state index contributed by atoms with van der Waals surface area (Å²) in [6, 6.07) is 20.6. The lowest BCUT2D eigenvalue weighted by molar-refractivity contribution is -0.384. The molecule has 202 valence electrons. The number of nitrogens with one attached hydrogen (secondary N) is 1. The fraction of sp³-hybridized carbons (Fsp3) is 0.321. The van der Waals surface area contributed by atoms with E-state index in [4.69, 9.17) is 14.2 Å². The maximum Gasteiger partial charge on any atom is 0.344 e. The summed E-state index contributed by atoms with van der Waals surface area (Å²) in [5, 5.41) is 11.3. The average molecular weight is 541 g/mol. The van der Waals surface area contributed by atoms with Crippen LogP contribution in [0, 0.1) is 10.1 Å². The molecule has 3 aromatic rings. The van der Waals surface area contributed by atoms with Gasteiger partial charge in [0.2, 0.25) is 5.60 Å². The van der Waals surface area contributed by atoms with Gasteiger partial charge in [-0.25, -0.2) is 13.7 Å². The van der Waals surface area contributed by atoms with Gasteiger partial charge in [0, 0.05) is 12.1 Å². The number of ether oxygens (including phenoxy) is 3. The van der Waals surface area contributed by atoms with Crippen molar-refractivity contribution in [2.75, 3.05) is 14.2 Å². The number of nitro groups is 1. The van der Waals surface area contributed by atoms with Gasteiger partial charge in [0.1, 0.15) is 5.75 Å². The van der Waals surface area contributed by atoms with Crippen LogP contribution in [0.1, 0.15) is 43.5 Å². The van der Waals surface area contributed by atoms with E-state index in [-0.39, 0.29) is 12.3 Å². The van der Waals surface area contributed by atoms with Gasteiger partial charge in [0.25, 0.3) is 5.69 Å². The van der Waals surface area contributed by atoms with Crippen LogP contribution in [0.5, 0.6) is 5.75 Å². The molecule has 0 aliphatic rings. The Bertz CT molecular complexity index is 1260. The second-order valence-electron chi connectivity index (χ2n) is 9.51. The van der Waals surface area contributed by atoms with Gasteiger partial charge < -0.3 is 14.2 Å². The molecule has 0 radical (unpaired) electrons. The summed E-state index contributed by atoms with van der Waals surface area (Å²) in [6.45, 7) is 5.39. The molecule has 0 bridgehead atoms. The third-order valence-corrected chi connectivity index (χ3v) is 7.50. The molecule has 3 rings (SSSR count). The topological polar surface area (TPSA) is 117 Å². The van der Waals surface area contributed by atoms with Gasteiger partial charge in [0.15, 0.2) is 0 Å². The van der Waals surface area contributed by atoms with Gasteiger partial charge in [-0.15, -0.1) is 0 Å². The molecule has 1 N–H and O–H groups in total. The molecule has 0 heterocycles. The molecule has 3 atom stereocenters. The van der Waals surface area contributed by atoms with Crippen LogP contribution in [0.4, 0.5) is 5.69 Å². The van der Waals surface area contributed by atoms with E-state index < -0.39 is 38.3 Å². The SMILES string of the molecule is COC(=O)[C@@](OCc1ccc(OC)cc1)(c1ccccc1)[C@H](NS(=O)C(C)(C)C)c1ccc([N+](=O)[O-])cc1. The number of esters is 1. The molecule has 9 nitrogen and oxygen atoms in total. The van der Waals surface area contributed by atoms with Crippen LogP contribution in [-0.2, 0) is 37.5 Å². The fourth-order valence-electron chi connectivity index (χ4n) is 3.84. The maximum absolute atomic E-state index is 13.8. The van der Waals surface area contributed by atoms with Crippen molar-refractivity contribution in [1.82, 2.24) is 4.72 Å². The Labute approximate surface area is 224 Å². The fourth-order valence-corrected chi connectivity index (χ4v) is 4.71. The van der Waals surface area contributed by atoms with E-state index in [1.54, 1.807) is 70.3 Å². The monoisotopic (exact) mass is 540 g/mol. The molecule has 0 spiro atoms. The predicted octanol–water partition coefficient (Wildman–Crippen LogP) is 4.98. The molecule has 1 unspecified atom stereocenters. The smallest absolute Gasteiger partial charge is 0.344 e. The van der Waals surface area contributed by atoms with Crippen molar-refractivity contribution >= 4 is 22.6 Å². The number of nitrogens with zero attached hydrogens (tertiary/aromatic N) is 1. The number of carbonyl (C=O) groups is 1. The van der Waals surface area contributed by atoms with Crippen LogP contribution in [0.3, 0.4) is 0 Å². The zero-order chi connectivity index (χ0) is 27.9. The number of benzene rings is 3. The molecule has 0 fully saturated rings. The highest BCUT2D eigenvalue weighted by atomic mass is 32.2. The van der Waals surface area contributed by atoms with Gasteiger partial charge in [-0.3, -0.25) is 10.1 Å². The molecule has 0 saturated carbocycles. The molecule has 38 heavy (non-hydrogen) atoms. The van der Waals surface area contributed by atoms with Crippen LogP contribution in [0.25, 0.3) is 0 Å². The summed E-state index contributed by atoms with van der Waals surface area (Å²) >= 11 is 0. The summed E-state index contributed by atoms with van der Waals surface area (Å²) in [7, 11) is 1.16. The number of non-ortho nitro benzene ring substituents is 1. The molecule has 0 amide bonds. The molecular formula is C28H32N2O7S. The summed E-state index contributed by atoms with van der Waals surface area (Å²) in [5.41, 5.74) is -0.256. The second-order valence-corrected chi connectivity index (χ2v) is 11.5. The third-order valence-electron chi connectivity index (χ3n) is 5.94. The molecule has 0 aliphatic carbocycles. The van der Waals surface area contributed by atoms with Crippen LogP contribution >= 0.6 is 0 Å². The van der Waals surface area contributed by atoms with Gasteiger partial charge in [-0.05, 0) is 49.6 Å². The number of hydrogen-bond donors (Lipinski definition) is 1. The minimum atomic E-state index is -1.81. The second kappa shape index (κ2) is 12.3. The summed E-state index contributed by atoms with van der Waals surface area (Å²) in [5.74, 6) is -0.0546. The van der Waals surface area contributed by atoms with E-state index in [2.05, 4.69) is 4.72 Å². The van der Waals surface area contributed by atoms with Gasteiger partial charge in [0.05, 0.1) is 47.5 Å². The van der Waals surface area contributed by atoms with Crippen LogP contribution < -0.4 is 9.46 Å². The zero-order valence-electron chi connectivity index (χ0n) is 22.0. The van der Waals surface area contributed by atoms with E-state index in [1.807, 2.05) is 12.1 Å². The van der Waals surface area contributed by atoms with Crippen LogP contribution in [-0.4, -0.2) is 34.1 Å². The minimum absolute atomic E-state index is 0.00129. The first-order valence-electron chi connectivity index (χ1n) is 11.9. The summed E-state index contributed by atoms with van der Waals surface area (Å²) in [4.78, 5) is 24.6. The van der Waals surface area contributed by atoms with Gasteiger partial charge in [-0.1, -0.05) is 54.6 Å². The lowest BCUT2D eigenvalue weighted by Gasteiger charge is -2.40. The third kappa shape index (κ3) is 6.45. The average Bonchev–Trinajstić information content (AvgIpc) is 2.92. The lowest BCUT2D eigenvalue weighted by Crippen LogP contribution is -2.52. The Hall–Kier alpha value is -3.60. The number of methoxy groups -OCH3 is 2. The first-order valence-corrected chi connectivity index (χ1v) is 13.0. The highest BCUT2D eigenvalue weighted by Crippen LogP contribution is 2.42. The molecule has 3 aromatic carbocycles. The Morgan fingerprint density at radius 2 is 1.58 bits per heavy atom. The zero-order valence-corrected chi connectivity index (χ0v) is 22.8. The summed E-state index contributed by atoms with van der Waals surface area (Å²) in [6.07, 6.45) is 0. The predicted molar refractivity (Wildman–Crippen MR) is 145 cm³/mol. The first kappa shape index (κ1) is 29.0. The highest BCUT2D eigenvalue weighted by molar-refractivity contribution is 7.84. The molecule has 10 heteroatoms. The molecular weight excluding hydrogens is 508 g/mol. The van der Waals surface area contributed by atoms with E-state index in [0.717, 1.165) is 5.56 Å². The van der Waals surface area contributed by atoms with Gasteiger partial charge in [-0.2, -0.15) is 0 Å². The van der Waals surface area contributed by atoms with Gasteiger partial charge >= 0.3 is 5.97 Å². The van der Waals surface area contributed by atoms with Crippen molar-refractivity contribution in [3.8, 4) is 5.75 Å². The van der Waals surface area contributed by atoms with Crippen molar-refractivity contribution in [1.29, 1.82) is 0 Å². The highest BCUT2D eigenvalue weighted by Gasteiger charge is 2.52. The molecule has 0 aliphatic heterocycles. The molecule has 0 aromatic heterocycles. The van der Waals surface area contributed by atoms with Crippen LogP contribution in [0.2, 0.25) is 0 Å². The number of rotatable bonds is 11. The number of nitro benzene ring substituents is 1. The van der Waals surface area contributed by atoms with E-state index in [0.29, 0.717) is 16.9 Å². The van der Waals surface area contributed by atoms with E-state index in [9.17, 15) is 19.1 Å². The Kier molecular flexibility index (Phi) is 9.37. The van der Waals surface area contributed by atoms with E-state index >= 15 is 0 Å². The first-order chi connectivity index (χ1) is 18.0. The largest absolute Gasteiger partial charge is 0.497 e. The van der Waals surface area contributed by atoms with Crippen molar-refractivity contribution in [3.05, 3.63) is 106 Å². The lowest BCUT2D eigenvalue weighted by atomic mass is 9.82. The van der Waals surface area contributed by atoms with E-state index in [1.165, 1.54) is 31.4 Å². The van der Waals surface area contributed by atoms with Crippen molar-refractivity contribution in [2.24, 2.45) is 0 Å². The van der Waals surface area contributed by atoms with Crippen molar-refractivity contribution in [3.63, 3.8) is 0 Å². The quantitative estimate of drug-likeness (QED) is 0.207. The maximum atomic E-state index is 13.8. The minimum Gasteiger partial charge on any atom is -0.497 e. The van der Waals surface area contributed by atoms with Crippen LogP contribution in [0.15, 0.2) is 78.9 Å². The summed E-state index contributed by atoms with van der Waals surface area (Å²) < 4.78 is 32.8. The Morgan fingerprint density at radius 3 is 2.08 bits per heavy atom. The van der Waals surface area contributed by atoms with Crippen molar-refractivity contribution < 1.29 is 28.1 Å². The van der Waals surface area contributed by atoms with Crippen molar-refractivity contribution in [2.45, 2.75) is 43.8 Å². The normalized spacial score (nSPS) is 14.7.